The summed E-state index contributed by atoms with van der Waals surface area (Å²) in [5.74, 6) is 0.783. The molecular formula is C20H30O3. The molecule has 0 amide bonds. The zero-order chi connectivity index (χ0) is 16.6. The zero-order valence-electron chi connectivity index (χ0n) is 14.5. The first-order valence-electron chi connectivity index (χ1n) is 9.29. The van der Waals surface area contributed by atoms with Gasteiger partial charge in [0.15, 0.2) is 5.78 Å². The molecule has 1 spiro atoms. The molecule has 0 heterocycles. The lowest BCUT2D eigenvalue weighted by atomic mass is 9.40. The molecule has 0 saturated heterocycles. The summed E-state index contributed by atoms with van der Waals surface area (Å²) in [7, 11) is 0. The summed E-state index contributed by atoms with van der Waals surface area (Å²) in [5, 5.41) is 21.1. The molecule has 2 bridgehead atoms. The molecular weight excluding hydrogens is 288 g/mol. The molecule has 0 aromatic carbocycles. The van der Waals surface area contributed by atoms with Gasteiger partial charge < -0.3 is 10.2 Å². The van der Waals surface area contributed by atoms with Crippen molar-refractivity contribution < 1.29 is 15.0 Å². The van der Waals surface area contributed by atoms with Crippen LogP contribution in [-0.2, 0) is 4.79 Å². The topological polar surface area (TPSA) is 57.5 Å². The number of hydrogen-bond acceptors (Lipinski definition) is 3. The fourth-order valence-corrected chi connectivity index (χ4v) is 7.48. The second kappa shape index (κ2) is 4.70. The SMILES string of the molecule is C=C1C[C@]23C[C@H]1CC[C@H]2[C@]1(C)CCC[C@](C)(CO)[C@H]1[C@H](O)C3=O. The molecule has 4 fully saturated rings. The Morgan fingerprint density at radius 1 is 1.26 bits per heavy atom. The Morgan fingerprint density at radius 2 is 2.00 bits per heavy atom. The van der Waals surface area contributed by atoms with Crippen molar-refractivity contribution in [2.45, 2.75) is 64.9 Å². The molecule has 4 aliphatic carbocycles. The Bertz CT molecular complexity index is 569. The maximum absolute atomic E-state index is 13.3. The minimum atomic E-state index is -0.918. The molecule has 4 saturated carbocycles. The number of allylic oxidation sites excluding steroid dienone is 1. The summed E-state index contributed by atoms with van der Waals surface area (Å²) in [6.07, 6.45) is 6.06. The third-order valence-corrected chi connectivity index (χ3v) is 8.36. The molecule has 128 valence electrons. The highest BCUT2D eigenvalue weighted by Gasteiger charge is 2.70. The van der Waals surface area contributed by atoms with Gasteiger partial charge in [0.05, 0.1) is 0 Å². The fourth-order valence-electron chi connectivity index (χ4n) is 7.48. The van der Waals surface area contributed by atoms with Crippen LogP contribution in [0.25, 0.3) is 0 Å². The lowest BCUT2D eigenvalue weighted by Gasteiger charge is -2.64. The summed E-state index contributed by atoms with van der Waals surface area (Å²) in [4.78, 5) is 13.3. The van der Waals surface area contributed by atoms with Crippen molar-refractivity contribution in [3.63, 3.8) is 0 Å². The van der Waals surface area contributed by atoms with E-state index in [9.17, 15) is 15.0 Å². The van der Waals surface area contributed by atoms with E-state index in [-0.39, 0.29) is 34.6 Å². The summed E-state index contributed by atoms with van der Waals surface area (Å²) < 4.78 is 0. The quantitative estimate of drug-likeness (QED) is 0.731. The summed E-state index contributed by atoms with van der Waals surface area (Å²) in [6, 6.07) is 0. The number of carbonyl (C=O) groups excluding carboxylic acids is 1. The van der Waals surface area contributed by atoms with E-state index >= 15 is 0 Å². The number of fused-ring (bicyclic) bond motifs is 3. The Balaban J connectivity index is 1.85. The standard InChI is InChI=1S/C20H30O3/c1-12-9-20-10-13(12)5-6-14(20)19(3)8-4-7-18(2,11-21)16(19)15(22)17(20)23/h13-16,21-22H,1,4-11H2,2-3H3/t13-,14+,15+,16-,18-,19+,20+/m1/s1. The number of rotatable bonds is 1. The average Bonchev–Trinajstić information content (AvgIpc) is 2.76. The number of aliphatic hydroxyl groups excluding tert-OH is 2. The molecule has 0 aromatic rings. The van der Waals surface area contributed by atoms with Crippen LogP contribution >= 0.6 is 0 Å². The Morgan fingerprint density at radius 3 is 2.70 bits per heavy atom. The third kappa shape index (κ3) is 1.76. The largest absolute Gasteiger partial charge is 0.396 e. The monoisotopic (exact) mass is 318 g/mol. The second-order valence-corrected chi connectivity index (χ2v) is 9.48. The second-order valence-electron chi connectivity index (χ2n) is 9.48. The van der Waals surface area contributed by atoms with Crippen molar-refractivity contribution in [2.75, 3.05) is 6.61 Å². The lowest BCUT2D eigenvalue weighted by molar-refractivity contribution is -0.205. The number of Topliss-reactive ketones (excluding diaryl/α,β-unsaturated/α-hetero) is 1. The van der Waals surface area contributed by atoms with E-state index in [0.717, 1.165) is 44.9 Å². The Kier molecular flexibility index (Phi) is 3.23. The highest BCUT2D eigenvalue weighted by molar-refractivity contribution is 5.92. The normalized spacial score (nSPS) is 55.5. The van der Waals surface area contributed by atoms with E-state index in [2.05, 4.69) is 20.4 Å². The van der Waals surface area contributed by atoms with E-state index in [1.54, 1.807) is 0 Å². The zero-order valence-corrected chi connectivity index (χ0v) is 14.5. The van der Waals surface area contributed by atoms with Gasteiger partial charge in [-0.05, 0) is 61.2 Å². The van der Waals surface area contributed by atoms with Gasteiger partial charge >= 0.3 is 0 Å². The van der Waals surface area contributed by atoms with E-state index < -0.39 is 6.10 Å². The molecule has 0 aromatic heterocycles. The van der Waals surface area contributed by atoms with Crippen LogP contribution in [0.15, 0.2) is 12.2 Å². The average molecular weight is 318 g/mol. The van der Waals surface area contributed by atoms with Crippen LogP contribution < -0.4 is 0 Å². The predicted molar refractivity (Wildman–Crippen MR) is 88.7 cm³/mol. The van der Waals surface area contributed by atoms with Crippen LogP contribution in [-0.4, -0.2) is 28.7 Å². The predicted octanol–water partition coefficient (Wildman–Crippen LogP) is 3.10. The maximum atomic E-state index is 13.3. The Labute approximate surface area is 139 Å². The minimum absolute atomic E-state index is 0.0430. The minimum Gasteiger partial charge on any atom is -0.396 e. The van der Waals surface area contributed by atoms with Crippen molar-refractivity contribution in [3.05, 3.63) is 12.2 Å². The summed E-state index contributed by atoms with van der Waals surface area (Å²) in [6.45, 7) is 8.67. The fraction of sp³-hybridized carbons (Fsp3) is 0.850. The van der Waals surface area contributed by atoms with Gasteiger partial charge in [0, 0.05) is 17.9 Å². The number of ketones is 1. The summed E-state index contributed by atoms with van der Waals surface area (Å²) in [5.41, 5.74) is 0.489. The third-order valence-electron chi connectivity index (χ3n) is 8.36. The molecule has 7 atom stereocenters. The smallest absolute Gasteiger partial charge is 0.168 e. The maximum Gasteiger partial charge on any atom is 0.168 e. The van der Waals surface area contributed by atoms with Gasteiger partial charge in [-0.2, -0.15) is 0 Å². The molecule has 3 nitrogen and oxygen atoms in total. The molecule has 2 N–H and O–H groups in total. The van der Waals surface area contributed by atoms with Gasteiger partial charge in [-0.1, -0.05) is 32.4 Å². The van der Waals surface area contributed by atoms with Crippen LogP contribution in [0.5, 0.6) is 0 Å². The highest BCUT2D eigenvalue weighted by Crippen LogP contribution is 2.70. The van der Waals surface area contributed by atoms with Gasteiger partial charge in [-0.25, -0.2) is 0 Å². The van der Waals surface area contributed by atoms with Crippen LogP contribution in [0.4, 0.5) is 0 Å². The van der Waals surface area contributed by atoms with Gasteiger partial charge in [0.1, 0.15) is 6.10 Å². The first-order chi connectivity index (χ1) is 10.8. The lowest BCUT2D eigenvalue weighted by Crippen LogP contribution is -2.66. The molecule has 23 heavy (non-hydrogen) atoms. The molecule has 0 unspecified atom stereocenters. The van der Waals surface area contributed by atoms with Gasteiger partial charge in [-0.3, -0.25) is 4.79 Å². The first-order valence-corrected chi connectivity index (χ1v) is 9.29. The molecule has 3 heteroatoms. The molecule has 0 radical (unpaired) electrons. The van der Waals surface area contributed by atoms with Crippen LogP contribution in [0.3, 0.4) is 0 Å². The number of aliphatic hydroxyl groups is 2. The van der Waals surface area contributed by atoms with Gasteiger partial charge in [0.25, 0.3) is 0 Å². The van der Waals surface area contributed by atoms with Crippen molar-refractivity contribution in [1.82, 2.24) is 0 Å². The van der Waals surface area contributed by atoms with Gasteiger partial charge in [0.2, 0.25) is 0 Å². The van der Waals surface area contributed by atoms with Crippen molar-refractivity contribution in [3.8, 4) is 0 Å². The van der Waals surface area contributed by atoms with Gasteiger partial charge in [-0.15, -0.1) is 0 Å². The first kappa shape index (κ1) is 15.8. The van der Waals surface area contributed by atoms with E-state index in [1.165, 1.54) is 5.57 Å². The van der Waals surface area contributed by atoms with Crippen LogP contribution in [0.1, 0.15) is 58.8 Å². The van der Waals surface area contributed by atoms with E-state index in [0.29, 0.717) is 11.8 Å². The molecule has 4 aliphatic rings. The number of hydrogen-bond donors (Lipinski definition) is 2. The summed E-state index contributed by atoms with van der Waals surface area (Å²) >= 11 is 0. The van der Waals surface area contributed by atoms with Crippen molar-refractivity contribution in [2.24, 2.45) is 34.0 Å². The van der Waals surface area contributed by atoms with Crippen molar-refractivity contribution >= 4 is 5.78 Å². The highest BCUT2D eigenvalue weighted by atomic mass is 16.3. The molecule has 0 aliphatic heterocycles. The van der Waals surface area contributed by atoms with Crippen LogP contribution in [0.2, 0.25) is 0 Å². The number of carbonyl (C=O) groups is 1. The van der Waals surface area contributed by atoms with Crippen LogP contribution in [0, 0.1) is 34.0 Å². The van der Waals surface area contributed by atoms with Crippen molar-refractivity contribution in [1.29, 1.82) is 0 Å². The van der Waals surface area contributed by atoms with E-state index in [1.807, 2.05) is 0 Å². The Hall–Kier alpha value is -0.670. The van der Waals surface area contributed by atoms with E-state index in [4.69, 9.17) is 0 Å². The molecule has 4 rings (SSSR count).